The molecule has 0 aliphatic rings. The Morgan fingerprint density at radius 2 is 1.93 bits per heavy atom. The van der Waals surface area contributed by atoms with Crippen molar-refractivity contribution in [3.8, 4) is 0 Å². The molecule has 1 heterocycles. The molecular formula is C22H26FN5. The minimum atomic E-state index is -0.200. The van der Waals surface area contributed by atoms with Gasteiger partial charge in [-0.1, -0.05) is 42.5 Å². The Morgan fingerprint density at radius 1 is 1.11 bits per heavy atom. The molecule has 146 valence electrons. The highest BCUT2D eigenvalue weighted by Crippen LogP contribution is 2.10. The van der Waals surface area contributed by atoms with E-state index in [9.17, 15) is 4.39 Å². The van der Waals surface area contributed by atoms with Crippen LogP contribution in [0.2, 0.25) is 0 Å². The summed E-state index contributed by atoms with van der Waals surface area (Å²) in [6, 6.07) is 15.5. The lowest BCUT2D eigenvalue weighted by molar-refractivity contribution is 0.616. The maximum absolute atomic E-state index is 13.7. The van der Waals surface area contributed by atoms with E-state index in [0.29, 0.717) is 24.6 Å². The Bertz CT molecular complexity index is 918. The molecule has 3 rings (SSSR count). The molecular weight excluding hydrogens is 353 g/mol. The lowest BCUT2D eigenvalue weighted by Crippen LogP contribution is -2.37. The molecule has 2 N–H and O–H groups in total. The summed E-state index contributed by atoms with van der Waals surface area (Å²) in [5, 5.41) is 6.53. The highest BCUT2D eigenvalue weighted by atomic mass is 19.1. The van der Waals surface area contributed by atoms with Crippen molar-refractivity contribution < 1.29 is 4.39 Å². The van der Waals surface area contributed by atoms with Gasteiger partial charge in [-0.15, -0.1) is 0 Å². The third-order valence-corrected chi connectivity index (χ3v) is 4.41. The minimum absolute atomic E-state index is 0.200. The van der Waals surface area contributed by atoms with Gasteiger partial charge in [0.2, 0.25) is 0 Å². The molecule has 0 atom stereocenters. The number of halogens is 1. The van der Waals surface area contributed by atoms with Gasteiger partial charge in [0.05, 0.1) is 13.1 Å². The molecule has 0 unspecified atom stereocenters. The summed E-state index contributed by atoms with van der Waals surface area (Å²) in [6.45, 7) is 6.24. The number of benzene rings is 2. The lowest BCUT2D eigenvalue weighted by atomic mass is 10.1. The standard InChI is InChI=1S/C22H26FN5/c1-3-24-22(26-14-19-10-9-17(2)20(23)13-19)27-15-21-25-11-12-28(21)16-18-7-5-4-6-8-18/h4-13H,3,14-16H2,1-2H3,(H2,24,26,27). The first-order valence-corrected chi connectivity index (χ1v) is 9.47. The fourth-order valence-corrected chi connectivity index (χ4v) is 2.84. The number of imidazole rings is 1. The quantitative estimate of drug-likeness (QED) is 0.487. The van der Waals surface area contributed by atoms with Crippen LogP contribution in [0, 0.1) is 12.7 Å². The molecule has 28 heavy (non-hydrogen) atoms. The Labute approximate surface area is 165 Å². The Hall–Kier alpha value is -3.15. The van der Waals surface area contributed by atoms with Crippen LogP contribution in [0.3, 0.4) is 0 Å². The fourth-order valence-electron chi connectivity index (χ4n) is 2.84. The van der Waals surface area contributed by atoms with Gasteiger partial charge in [0.25, 0.3) is 0 Å². The highest BCUT2D eigenvalue weighted by molar-refractivity contribution is 5.79. The van der Waals surface area contributed by atoms with E-state index in [2.05, 4.69) is 37.3 Å². The second-order valence-corrected chi connectivity index (χ2v) is 6.59. The molecule has 3 aromatic rings. The number of nitrogens with zero attached hydrogens (tertiary/aromatic N) is 3. The molecule has 0 amide bonds. The molecule has 2 aromatic carbocycles. The smallest absolute Gasteiger partial charge is 0.191 e. The minimum Gasteiger partial charge on any atom is -0.357 e. The highest BCUT2D eigenvalue weighted by Gasteiger charge is 2.06. The van der Waals surface area contributed by atoms with Crippen LogP contribution < -0.4 is 10.6 Å². The Kier molecular flexibility index (Phi) is 6.78. The van der Waals surface area contributed by atoms with Crippen LogP contribution >= 0.6 is 0 Å². The summed E-state index contributed by atoms with van der Waals surface area (Å²) in [4.78, 5) is 9.01. The predicted molar refractivity (Wildman–Crippen MR) is 111 cm³/mol. The lowest BCUT2D eigenvalue weighted by Gasteiger charge is -2.13. The number of hydrogen-bond acceptors (Lipinski definition) is 2. The van der Waals surface area contributed by atoms with Crippen LogP contribution in [-0.4, -0.2) is 22.1 Å². The predicted octanol–water partition coefficient (Wildman–Crippen LogP) is 3.63. The van der Waals surface area contributed by atoms with Crippen molar-refractivity contribution in [2.75, 3.05) is 6.54 Å². The second kappa shape index (κ2) is 9.69. The van der Waals surface area contributed by atoms with Gasteiger partial charge in [0.15, 0.2) is 5.96 Å². The third kappa shape index (κ3) is 5.42. The molecule has 5 nitrogen and oxygen atoms in total. The molecule has 0 spiro atoms. The van der Waals surface area contributed by atoms with Gasteiger partial charge in [-0.05, 0) is 36.6 Å². The van der Waals surface area contributed by atoms with Crippen molar-refractivity contribution in [2.24, 2.45) is 4.99 Å². The van der Waals surface area contributed by atoms with Gasteiger partial charge in [0.1, 0.15) is 11.6 Å². The van der Waals surface area contributed by atoms with Crippen LogP contribution in [0.1, 0.15) is 29.4 Å². The summed E-state index contributed by atoms with van der Waals surface area (Å²) >= 11 is 0. The van der Waals surface area contributed by atoms with Crippen molar-refractivity contribution in [3.63, 3.8) is 0 Å². The molecule has 0 radical (unpaired) electrons. The van der Waals surface area contributed by atoms with Crippen molar-refractivity contribution >= 4 is 5.96 Å². The molecule has 6 heteroatoms. The molecule has 1 aromatic heterocycles. The number of rotatable bonds is 7. The SMILES string of the molecule is CCNC(=NCc1ccc(C)c(F)c1)NCc1nccn1Cc1ccccc1. The molecule has 0 fully saturated rings. The third-order valence-electron chi connectivity index (χ3n) is 4.41. The van der Waals surface area contributed by atoms with E-state index in [1.807, 2.05) is 37.4 Å². The van der Waals surface area contributed by atoms with Gasteiger partial charge in [-0.25, -0.2) is 14.4 Å². The van der Waals surface area contributed by atoms with E-state index in [-0.39, 0.29) is 5.82 Å². The summed E-state index contributed by atoms with van der Waals surface area (Å²) in [7, 11) is 0. The van der Waals surface area contributed by atoms with Gasteiger partial charge in [0, 0.05) is 25.5 Å². The zero-order valence-corrected chi connectivity index (χ0v) is 16.3. The van der Waals surface area contributed by atoms with E-state index in [1.165, 1.54) is 11.6 Å². The van der Waals surface area contributed by atoms with Crippen molar-refractivity contribution in [1.82, 2.24) is 20.2 Å². The fraction of sp³-hybridized carbons (Fsp3) is 0.273. The number of aromatic nitrogens is 2. The van der Waals surface area contributed by atoms with Crippen molar-refractivity contribution in [3.05, 3.63) is 89.3 Å². The molecule has 0 saturated carbocycles. The van der Waals surface area contributed by atoms with E-state index in [4.69, 9.17) is 0 Å². The zero-order chi connectivity index (χ0) is 19.8. The maximum atomic E-state index is 13.7. The van der Waals surface area contributed by atoms with Crippen LogP contribution in [-0.2, 0) is 19.6 Å². The average Bonchev–Trinajstić information content (AvgIpc) is 3.14. The van der Waals surface area contributed by atoms with Gasteiger partial charge in [-0.3, -0.25) is 0 Å². The first-order chi connectivity index (χ1) is 13.7. The normalized spacial score (nSPS) is 11.5. The van der Waals surface area contributed by atoms with E-state index < -0.39 is 0 Å². The van der Waals surface area contributed by atoms with Gasteiger partial charge < -0.3 is 15.2 Å². The summed E-state index contributed by atoms with van der Waals surface area (Å²) in [6.07, 6.45) is 3.78. The van der Waals surface area contributed by atoms with Gasteiger partial charge >= 0.3 is 0 Å². The largest absolute Gasteiger partial charge is 0.357 e. The van der Waals surface area contributed by atoms with E-state index in [0.717, 1.165) is 24.5 Å². The number of aliphatic imine (C=N–C) groups is 1. The Balaban J connectivity index is 1.63. The molecule has 0 bridgehead atoms. The first kappa shape index (κ1) is 19.6. The summed E-state index contributed by atoms with van der Waals surface area (Å²) in [5.41, 5.74) is 2.71. The molecule has 0 aliphatic heterocycles. The van der Waals surface area contributed by atoms with Crippen LogP contribution in [0.4, 0.5) is 4.39 Å². The van der Waals surface area contributed by atoms with Crippen LogP contribution in [0.5, 0.6) is 0 Å². The maximum Gasteiger partial charge on any atom is 0.191 e. The van der Waals surface area contributed by atoms with Gasteiger partial charge in [-0.2, -0.15) is 0 Å². The number of aryl methyl sites for hydroxylation is 1. The second-order valence-electron chi connectivity index (χ2n) is 6.59. The first-order valence-electron chi connectivity index (χ1n) is 9.47. The topological polar surface area (TPSA) is 54.2 Å². The van der Waals surface area contributed by atoms with Crippen molar-refractivity contribution in [1.29, 1.82) is 0 Å². The summed E-state index contributed by atoms with van der Waals surface area (Å²) in [5.74, 6) is 1.40. The number of guanidine groups is 1. The summed E-state index contributed by atoms with van der Waals surface area (Å²) < 4.78 is 15.8. The van der Waals surface area contributed by atoms with Crippen LogP contribution in [0.15, 0.2) is 65.9 Å². The molecule has 0 saturated heterocycles. The Morgan fingerprint density at radius 3 is 2.68 bits per heavy atom. The zero-order valence-electron chi connectivity index (χ0n) is 16.3. The monoisotopic (exact) mass is 379 g/mol. The average molecular weight is 379 g/mol. The number of nitrogens with one attached hydrogen (secondary N) is 2. The number of hydrogen-bond donors (Lipinski definition) is 2. The van der Waals surface area contributed by atoms with E-state index in [1.54, 1.807) is 19.2 Å². The molecule has 0 aliphatic carbocycles. The van der Waals surface area contributed by atoms with E-state index >= 15 is 0 Å². The van der Waals surface area contributed by atoms with Crippen LogP contribution in [0.25, 0.3) is 0 Å². The van der Waals surface area contributed by atoms with Crippen molar-refractivity contribution in [2.45, 2.75) is 33.5 Å².